The molecule has 0 aromatic carbocycles. The summed E-state index contributed by atoms with van der Waals surface area (Å²) < 4.78 is 13.1. The van der Waals surface area contributed by atoms with Crippen LogP contribution in [0, 0.1) is 0 Å². The number of carbonyl (C=O) groups is 2. The molecule has 0 spiro atoms. The molecule has 174 valence electrons. The number of hydrogen-bond acceptors (Lipinski definition) is 4. The molecule has 7 nitrogen and oxygen atoms in total. The summed E-state index contributed by atoms with van der Waals surface area (Å²) in [6.45, 7) is 2.44. The highest BCUT2D eigenvalue weighted by Gasteiger charge is 2.48. The van der Waals surface area contributed by atoms with Gasteiger partial charge >= 0.3 is 0 Å². The lowest BCUT2D eigenvalue weighted by Crippen LogP contribution is -2.64. The summed E-state index contributed by atoms with van der Waals surface area (Å²) in [5.41, 5.74) is 0.273. The van der Waals surface area contributed by atoms with Crippen LogP contribution in [0.5, 0.6) is 0 Å². The Morgan fingerprint density at radius 3 is 2.39 bits per heavy atom. The monoisotopic (exact) mass is 449 g/mol. The van der Waals surface area contributed by atoms with Crippen molar-refractivity contribution in [3.8, 4) is 11.5 Å². The van der Waals surface area contributed by atoms with Gasteiger partial charge in [-0.25, -0.2) is 0 Å². The molecule has 1 fully saturated rings. The lowest BCUT2D eigenvalue weighted by atomic mass is 9.92. The van der Waals surface area contributed by atoms with E-state index in [1.54, 1.807) is 23.5 Å². The molecule has 3 aromatic rings. The first-order valence-corrected chi connectivity index (χ1v) is 11.9. The fourth-order valence-electron chi connectivity index (χ4n) is 5.16. The second kappa shape index (κ2) is 8.96. The van der Waals surface area contributed by atoms with Crippen molar-refractivity contribution in [2.45, 2.75) is 76.5 Å². The summed E-state index contributed by atoms with van der Waals surface area (Å²) in [4.78, 5) is 29.2. The average molecular weight is 450 g/mol. The third-order valence-electron chi connectivity index (χ3n) is 7.10. The van der Waals surface area contributed by atoms with Crippen LogP contribution < -0.4 is 5.32 Å². The van der Waals surface area contributed by atoms with E-state index >= 15 is 0 Å². The maximum Gasteiger partial charge on any atom is 0.271 e. The Hall–Kier alpha value is -3.22. The van der Waals surface area contributed by atoms with Crippen LogP contribution in [0.3, 0.4) is 0 Å². The van der Waals surface area contributed by atoms with Crippen LogP contribution >= 0.6 is 0 Å². The Morgan fingerprint density at radius 2 is 1.70 bits per heavy atom. The van der Waals surface area contributed by atoms with Crippen molar-refractivity contribution in [2.24, 2.45) is 0 Å². The van der Waals surface area contributed by atoms with Gasteiger partial charge in [0.15, 0.2) is 0 Å². The number of hydrogen-bond donors (Lipinski definition) is 1. The van der Waals surface area contributed by atoms with Gasteiger partial charge in [0.05, 0.1) is 31.3 Å². The molecule has 5 rings (SSSR count). The molecule has 0 saturated heterocycles. The van der Waals surface area contributed by atoms with Gasteiger partial charge in [-0.15, -0.1) is 0 Å². The number of nitrogens with one attached hydrogen (secondary N) is 1. The van der Waals surface area contributed by atoms with E-state index in [4.69, 9.17) is 8.83 Å². The van der Waals surface area contributed by atoms with Crippen molar-refractivity contribution in [2.75, 3.05) is 0 Å². The summed E-state index contributed by atoms with van der Waals surface area (Å²) in [6.07, 6.45) is 11.1. The van der Waals surface area contributed by atoms with Crippen molar-refractivity contribution in [3.63, 3.8) is 0 Å². The van der Waals surface area contributed by atoms with Gasteiger partial charge in [-0.3, -0.25) is 9.59 Å². The number of aromatic nitrogens is 1. The molecule has 0 radical (unpaired) electrons. The van der Waals surface area contributed by atoms with E-state index in [0.717, 1.165) is 31.4 Å². The minimum absolute atomic E-state index is 0.113. The van der Waals surface area contributed by atoms with Gasteiger partial charge in [-0.05, 0) is 56.2 Å². The molecule has 33 heavy (non-hydrogen) atoms. The summed E-state index contributed by atoms with van der Waals surface area (Å²) >= 11 is 0. The number of carbonyl (C=O) groups excluding carboxylic acids is 2. The Bertz CT molecular complexity index is 1090. The zero-order valence-corrected chi connectivity index (χ0v) is 19.1. The van der Waals surface area contributed by atoms with Crippen LogP contribution in [0.4, 0.5) is 0 Å². The molecule has 1 N–H and O–H groups in total. The second-order valence-corrected chi connectivity index (χ2v) is 9.43. The predicted octanol–water partition coefficient (Wildman–Crippen LogP) is 4.98. The summed E-state index contributed by atoms with van der Waals surface area (Å²) in [6, 6.07) is 11.2. The van der Waals surface area contributed by atoms with Crippen molar-refractivity contribution in [3.05, 3.63) is 60.4 Å². The minimum Gasteiger partial charge on any atom is -0.467 e. The number of rotatable bonds is 5. The van der Waals surface area contributed by atoms with Crippen LogP contribution in [0.25, 0.3) is 11.5 Å². The van der Waals surface area contributed by atoms with E-state index in [0.29, 0.717) is 23.8 Å². The molecular weight excluding hydrogens is 418 g/mol. The van der Waals surface area contributed by atoms with Gasteiger partial charge in [0.25, 0.3) is 5.91 Å². The summed E-state index contributed by atoms with van der Waals surface area (Å²) in [5, 5.41) is 3.30. The Kier molecular flexibility index (Phi) is 5.87. The van der Waals surface area contributed by atoms with E-state index < -0.39 is 5.54 Å². The largest absolute Gasteiger partial charge is 0.467 e. The molecule has 4 heterocycles. The van der Waals surface area contributed by atoms with Gasteiger partial charge in [0.1, 0.15) is 22.8 Å². The predicted molar refractivity (Wildman–Crippen MR) is 123 cm³/mol. The molecule has 0 bridgehead atoms. The molecular formula is C26H31N3O4. The zero-order chi connectivity index (χ0) is 22.8. The lowest BCUT2D eigenvalue weighted by Gasteiger charge is -2.44. The normalized spacial score (nSPS) is 22.0. The molecule has 1 atom stereocenters. The van der Waals surface area contributed by atoms with Crippen LogP contribution in [0.15, 0.2) is 57.8 Å². The average Bonchev–Trinajstić information content (AvgIpc) is 3.54. The van der Waals surface area contributed by atoms with Crippen LogP contribution in [-0.4, -0.2) is 32.9 Å². The Labute approximate surface area is 193 Å². The lowest BCUT2D eigenvalue weighted by molar-refractivity contribution is -0.134. The SMILES string of the molecule is C[C@@]1(C(=O)NC2CCCCCCC2)Cn2c(ccc2-c2ccco2)C(=O)N1Cc1ccco1. The third kappa shape index (κ3) is 4.12. The maximum atomic E-state index is 13.8. The van der Waals surface area contributed by atoms with E-state index in [1.165, 1.54) is 19.3 Å². The maximum absolute atomic E-state index is 13.8. The fraction of sp³-hybridized carbons (Fsp3) is 0.462. The van der Waals surface area contributed by atoms with Gasteiger partial charge in [-0.1, -0.05) is 32.1 Å². The van der Waals surface area contributed by atoms with Gasteiger partial charge in [0, 0.05) is 6.04 Å². The molecule has 3 aromatic heterocycles. The molecule has 2 amide bonds. The number of furan rings is 2. The van der Waals surface area contributed by atoms with Crippen molar-refractivity contribution >= 4 is 11.8 Å². The topological polar surface area (TPSA) is 80.6 Å². The van der Waals surface area contributed by atoms with E-state index in [9.17, 15) is 9.59 Å². The highest BCUT2D eigenvalue weighted by atomic mass is 16.3. The first kappa shape index (κ1) is 21.6. The third-order valence-corrected chi connectivity index (χ3v) is 7.10. The first-order valence-electron chi connectivity index (χ1n) is 11.9. The standard InChI is InChI=1S/C26H31N3O4/c1-26(25(31)27-19-9-5-3-2-4-6-10-19)18-28-21(23-12-8-16-33-23)13-14-22(28)24(30)29(26)17-20-11-7-15-32-20/h7-8,11-16,19H,2-6,9-10,17-18H2,1H3,(H,27,31)/t26-/m0/s1. The molecule has 1 aliphatic carbocycles. The molecule has 1 saturated carbocycles. The molecule has 1 aliphatic heterocycles. The highest BCUT2D eigenvalue weighted by molar-refractivity contribution is 6.00. The van der Waals surface area contributed by atoms with Crippen LogP contribution in [0.2, 0.25) is 0 Å². The number of fused-ring (bicyclic) bond motifs is 1. The van der Waals surface area contributed by atoms with Crippen molar-refractivity contribution < 1.29 is 18.4 Å². The van der Waals surface area contributed by atoms with Crippen LogP contribution in [0.1, 0.15) is 68.1 Å². The molecule has 7 heteroatoms. The van der Waals surface area contributed by atoms with E-state index in [-0.39, 0.29) is 24.4 Å². The number of nitrogens with zero attached hydrogens (tertiary/aromatic N) is 2. The number of amides is 2. The quantitative estimate of drug-likeness (QED) is 0.595. The first-order chi connectivity index (χ1) is 16.1. The van der Waals surface area contributed by atoms with Gasteiger partial charge < -0.3 is 23.6 Å². The molecule has 0 unspecified atom stereocenters. The van der Waals surface area contributed by atoms with Crippen molar-refractivity contribution in [1.82, 2.24) is 14.8 Å². The highest BCUT2D eigenvalue weighted by Crippen LogP contribution is 2.34. The summed E-state index contributed by atoms with van der Waals surface area (Å²) in [7, 11) is 0. The minimum atomic E-state index is -1.07. The second-order valence-electron chi connectivity index (χ2n) is 9.43. The molecule has 2 aliphatic rings. The fourth-order valence-corrected chi connectivity index (χ4v) is 5.16. The summed E-state index contributed by atoms with van der Waals surface area (Å²) in [5.74, 6) is 1.03. The van der Waals surface area contributed by atoms with E-state index in [1.807, 2.05) is 41.8 Å². The van der Waals surface area contributed by atoms with Gasteiger partial charge in [0.2, 0.25) is 5.91 Å². The van der Waals surface area contributed by atoms with Crippen LogP contribution in [-0.2, 0) is 17.9 Å². The zero-order valence-electron chi connectivity index (χ0n) is 19.1. The van der Waals surface area contributed by atoms with Gasteiger partial charge in [-0.2, -0.15) is 0 Å². The van der Waals surface area contributed by atoms with E-state index in [2.05, 4.69) is 5.32 Å². The Balaban J connectivity index is 1.48. The van der Waals surface area contributed by atoms with Crippen molar-refractivity contribution in [1.29, 1.82) is 0 Å². The smallest absolute Gasteiger partial charge is 0.271 e. The Morgan fingerprint density at radius 1 is 1.00 bits per heavy atom.